The number of hydrogen-bond acceptors (Lipinski definition) is 3. The van der Waals surface area contributed by atoms with Gasteiger partial charge >= 0.3 is 0 Å². The lowest BCUT2D eigenvalue weighted by Crippen LogP contribution is -2.36. The van der Waals surface area contributed by atoms with Crippen LogP contribution in [0.15, 0.2) is 54.6 Å². The highest BCUT2D eigenvalue weighted by atomic mass is 16.2. The highest BCUT2D eigenvalue weighted by molar-refractivity contribution is 5.98. The average molecular weight is 265 g/mol. The largest absolute Gasteiger partial charge is 0.316 e. The Kier molecular flexibility index (Phi) is 4.14. The number of nitrogens with two attached hydrogens (primary N) is 1. The molecule has 0 aliphatic carbocycles. The number of para-hydroxylation sites is 1. The summed E-state index contributed by atoms with van der Waals surface area (Å²) < 4.78 is 0. The molecule has 100 valence electrons. The average Bonchev–Trinajstić information content (AvgIpc) is 2.53. The molecule has 2 rings (SSSR count). The van der Waals surface area contributed by atoms with Crippen molar-refractivity contribution in [3.8, 4) is 6.07 Å². The van der Waals surface area contributed by atoms with Gasteiger partial charge in [-0.3, -0.25) is 4.79 Å². The molecule has 0 aromatic heterocycles. The second-order valence-corrected chi connectivity index (χ2v) is 4.41. The van der Waals surface area contributed by atoms with Crippen molar-refractivity contribution in [1.29, 1.82) is 5.26 Å². The van der Waals surface area contributed by atoms with E-state index in [-0.39, 0.29) is 5.91 Å². The van der Waals surface area contributed by atoms with Crippen LogP contribution in [0.25, 0.3) is 0 Å². The Morgan fingerprint density at radius 3 is 2.40 bits per heavy atom. The lowest BCUT2D eigenvalue weighted by Gasteiger charge is -2.22. The molecule has 2 N–H and O–H groups in total. The fourth-order valence-corrected chi connectivity index (χ4v) is 1.99. The molecule has 2 aromatic carbocycles. The van der Waals surface area contributed by atoms with Crippen molar-refractivity contribution in [1.82, 2.24) is 0 Å². The highest BCUT2D eigenvalue weighted by Crippen LogP contribution is 2.21. The van der Waals surface area contributed by atoms with Crippen molar-refractivity contribution >= 4 is 11.6 Å². The first-order valence-corrected chi connectivity index (χ1v) is 6.22. The molecule has 0 saturated heterocycles. The molecule has 20 heavy (non-hydrogen) atoms. The van der Waals surface area contributed by atoms with Gasteiger partial charge in [0.25, 0.3) is 0 Å². The highest BCUT2D eigenvalue weighted by Gasteiger charge is 2.22. The minimum Gasteiger partial charge on any atom is -0.316 e. The molecule has 2 aromatic rings. The van der Waals surface area contributed by atoms with Crippen molar-refractivity contribution in [2.24, 2.45) is 5.73 Å². The fourth-order valence-electron chi connectivity index (χ4n) is 1.99. The monoisotopic (exact) mass is 265 g/mol. The van der Waals surface area contributed by atoms with E-state index in [1.165, 1.54) is 4.90 Å². The summed E-state index contributed by atoms with van der Waals surface area (Å²) in [7, 11) is 1.63. The first-order valence-electron chi connectivity index (χ1n) is 6.22. The summed E-state index contributed by atoms with van der Waals surface area (Å²) >= 11 is 0. The van der Waals surface area contributed by atoms with Gasteiger partial charge in [-0.1, -0.05) is 42.5 Å². The van der Waals surface area contributed by atoms with E-state index in [4.69, 9.17) is 11.0 Å². The molecule has 0 bridgehead atoms. The van der Waals surface area contributed by atoms with Gasteiger partial charge in [0.05, 0.1) is 11.3 Å². The summed E-state index contributed by atoms with van der Waals surface area (Å²) in [5.74, 6) is -0.251. The van der Waals surface area contributed by atoms with Crippen molar-refractivity contribution < 1.29 is 4.79 Å². The number of amides is 1. The Morgan fingerprint density at radius 2 is 1.75 bits per heavy atom. The molecule has 0 heterocycles. The van der Waals surface area contributed by atoms with Gasteiger partial charge in [-0.2, -0.15) is 5.26 Å². The van der Waals surface area contributed by atoms with Gasteiger partial charge in [0, 0.05) is 7.05 Å². The number of likely N-dealkylation sites (N-methyl/N-ethyl adjacent to an activating group) is 1. The topological polar surface area (TPSA) is 70.1 Å². The molecule has 0 aliphatic rings. The zero-order chi connectivity index (χ0) is 14.5. The molecule has 4 heteroatoms. The normalized spacial score (nSPS) is 11.4. The van der Waals surface area contributed by atoms with E-state index < -0.39 is 6.04 Å². The van der Waals surface area contributed by atoms with Crippen LogP contribution < -0.4 is 10.6 Å². The van der Waals surface area contributed by atoms with Crippen LogP contribution in [0.4, 0.5) is 5.69 Å². The summed E-state index contributed by atoms with van der Waals surface area (Å²) in [6.07, 6.45) is 0. The summed E-state index contributed by atoms with van der Waals surface area (Å²) in [6, 6.07) is 17.5. The molecular formula is C16H15N3O. The van der Waals surface area contributed by atoms with Crippen LogP contribution in [0.3, 0.4) is 0 Å². The summed E-state index contributed by atoms with van der Waals surface area (Å²) in [5, 5.41) is 9.09. The van der Waals surface area contributed by atoms with Crippen molar-refractivity contribution in [3.63, 3.8) is 0 Å². The molecule has 0 spiro atoms. The minimum absolute atomic E-state index is 0.251. The molecule has 0 aliphatic heterocycles. The number of benzene rings is 2. The number of anilines is 1. The zero-order valence-corrected chi connectivity index (χ0v) is 11.2. The zero-order valence-electron chi connectivity index (χ0n) is 11.2. The van der Waals surface area contributed by atoms with Crippen LogP contribution in [0, 0.1) is 11.3 Å². The van der Waals surface area contributed by atoms with E-state index in [0.717, 1.165) is 5.56 Å². The summed E-state index contributed by atoms with van der Waals surface area (Å²) in [4.78, 5) is 13.8. The van der Waals surface area contributed by atoms with Gasteiger partial charge in [-0.15, -0.1) is 0 Å². The van der Waals surface area contributed by atoms with E-state index in [1.54, 1.807) is 31.3 Å². The standard InChI is InChI=1S/C16H15N3O/c1-19(14-10-6-5-9-13(14)11-17)16(20)15(18)12-7-3-2-4-8-12/h2-10,15H,18H2,1H3/t15-/m1/s1. The van der Waals surface area contributed by atoms with E-state index in [2.05, 4.69) is 6.07 Å². The molecule has 0 radical (unpaired) electrons. The van der Waals surface area contributed by atoms with E-state index in [9.17, 15) is 4.79 Å². The first kappa shape index (κ1) is 13.8. The third-order valence-corrected chi connectivity index (χ3v) is 3.14. The van der Waals surface area contributed by atoms with Gasteiger partial charge in [0.2, 0.25) is 5.91 Å². The lowest BCUT2D eigenvalue weighted by atomic mass is 10.1. The van der Waals surface area contributed by atoms with Crippen molar-refractivity contribution in [2.45, 2.75) is 6.04 Å². The summed E-state index contributed by atoms with van der Waals surface area (Å²) in [6.45, 7) is 0. The Bertz CT molecular complexity index is 646. The number of rotatable bonds is 3. The molecule has 0 saturated carbocycles. The minimum atomic E-state index is -0.743. The summed E-state index contributed by atoms with van der Waals surface area (Å²) in [5.41, 5.74) is 7.75. The van der Waals surface area contributed by atoms with Crippen LogP contribution in [0.1, 0.15) is 17.2 Å². The first-order chi connectivity index (χ1) is 9.65. The van der Waals surface area contributed by atoms with E-state index in [0.29, 0.717) is 11.3 Å². The smallest absolute Gasteiger partial charge is 0.248 e. The molecule has 1 amide bonds. The van der Waals surface area contributed by atoms with Crippen molar-refractivity contribution in [2.75, 3.05) is 11.9 Å². The van der Waals surface area contributed by atoms with Crippen LogP contribution in [-0.4, -0.2) is 13.0 Å². The Balaban J connectivity index is 2.27. The fraction of sp³-hybridized carbons (Fsp3) is 0.125. The number of carbonyl (C=O) groups excluding carboxylic acids is 1. The Labute approximate surface area is 118 Å². The quantitative estimate of drug-likeness (QED) is 0.925. The Morgan fingerprint density at radius 1 is 1.15 bits per heavy atom. The molecular weight excluding hydrogens is 250 g/mol. The van der Waals surface area contributed by atoms with Gasteiger partial charge in [0.15, 0.2) is 0 Å². The van der Waals surface area contributed by atoms with Crippen LogP contribution in [0.2, 0.25) is 0 Å². The van der Waals surface area contributed by atoms with Gasteiger partial charge < -0.3 is 10.6 Å². The van der Waals surface area contributed by atoms with Gasteiger partial charge in [-0.25, -0.2) is 0 Å². The van der Waals surface area contributed by atoms with Crippen LogP contribution in [0.5, 0.6) is 0 Å². The molecule has 0 unspecified atom stereocenters. The predicted molar refractivity (Wildman–Crippen MR) is 77.9 cm³/mol. The molecule has 0 fully saturated rings. The van der Waals surface area contributed by atoms with Crippen LogP contribution in [-0.2, 0) is 4.79 Å². The van der Waals surface area contributed by atoms with Gasteiger partial charge in [0.1, 0.15) is 12.1 Å². The third-order valence-electron chi connectivity index (χ3n) is 3.14. The second kappa shape index (κ2) is 6.00. The number of nitriles is 1. The number of hydrogen-bond donors (Lipinski definition) is 1. The SMILES string of the molecule is CN(C(=O)[C@H](N)c1ccccc1)c1ccccc1C#N. The maximum Gasteiger partial charge on any atom is 0.248 e. The van der Waals surface area contributed by atoms with Gasteiger partial charge in [-0.05, 0) is 17.7 Å². The maximum atomic E-state index is 12.4. The van der Waals surface area contributed by atoms with E-state index in [1.807, 2.05) is 30.3 Å². The molecule has 1 atom stereocenters. The second-order valence-electron chi connectivity index (χ2n) is 4.41. The third kappa shape index (κ3) is 2.68. The van der Waals surface area contributed by atoms with Crippen LogP contribution >= 0.6 is 0 Å². The van der Waals surface area contributed by atoms with E-state index >= 15 is 0 Å². The molecule has 4 nitrogen and oxygen atoms in total. The maximum absolute atomic E-state index is 12.4. The number of carbonyl (C=O) groups is 1. The number of nitrogens with zero attached hydrogens (tertiary/aromatic N) is 2. The predicted octanol–water partition coefficient (Wildman–Crippen LogP) is 2.22. The van der Waals surface area contributed by atoms with Crippen molar-refractivity contribution in [3.05, 3.63) is 65.7 Å². The lowest BCUT2D eigenvalue weighted by molar-refractivity contribution is -0.119. The Hall–Kier alpha value is -2.64.